The van der Waals surface area contributed by atoms with Crippen molar-refractivity contribution in [3.63, 3.8) is 0 Å². The summed E-state index contributed by atoms with van der Waals surface area (Å²) in [6.07, 6.45) is 3.44. The number of allylic oxidation sites excluding steroid dienone is 1. The Bertz CT molecular complexity index is 1060. The molecule has 1 spiro atoms. The van der Waals surface area contributed by atoms with Crippen molar-refractivity contribution in [1.82, 2.24) is 0 Å². The van der Waals surface area contributed by atoms with Crippen LogP contribution < -0.4 is 14.2 Å². The molecular weight excluding hydrogens is 330 g/mol. The van der Waals surface area contributed by atoms with Crippen LogP contribution in [0.25, 0.3) is 10.8 Å². The zero-order valence-corrected chi connectivity index (χ0v) is 14.0. The molecule has 0 radical (unpaired) electrons. The number of nitrogens with zero attached hydrogens (tertiary/aromatic N) is 1. The van der Waals surface area contributed by atoms with Gasteiger partial charge in [-0.15, -0.1) is 0 Å². The Morgan fingerprint density at radius 2 is 1.65 bits per heavy atom. The molecule has 2 aliphatic rings. The van der Waals surface area contributed by atoms with E-state index in [4.69, 9.17) is 14.2 Å². The maximum Gasteiger partial charge on any atom is 0.299 e. The summed E-state index contributed by atoms with van der Waals surface area (Å²) in [6.45, 7) is 0. The molecule has 0 atom stereocenters. The molecular formula is C21H15NO4. The van der Waals surface area contributed by atoms with E-state index in [1.807, 2.05) is 54.6 Å². The minimum absolute atomic E-state index is 0.396. The molecule has 5 rings (SSSR count). The van der Waals surface area contributed by atoms with Gasteiger partial charge in [-0.2, -0.15) is 0 Å². The van der Waals surface area contributed by atoms with E-state index in [-0.39, 0.29) is 0 Å². The highest BCUT2D eigenvalue weighted by molar-refractivity contribution is 6.12. The van der Waals surface area contributed by atoms with Gasteiger partial charge in [-0.3, -0.25) is 0 Å². The topological polar surface area (TPSA) is 60.3 Å². The third kappa shape index (κ3) is 1.88. The van der Waals surface area contributed by atoms with Crippen LogP contribution in [0.1, 0.15) is 11.1 Å². The molecule has 0 fully saturated rings. The molecule has 128 valence electrons. The van der Waals surface area contributed by atoms with Crippen LogP contribution >= 0.6 is 0 Å². The smallest absolute Gasteiger partial charge is 0.299 e. The molecule has 0 unspecified atom stereocenters. The Balaban J connectivity index is 1.77. The van der Waals surface area contributed by atoms with Crippen molar-refractivity contribution >= 4 is 16.5 Å². The van der Waals surface area contributed by atoms with Gasteiger partial charge in [-0.05, 0) is 35.7 Å². The second-order valence-electron chi connectivity index (χ2n) is 6.18. The van der Waals surface area contributed by atoms with Crippen molar-refractivity contribution in [3.05, 3.63) is 77.9 Å². The van der Waals surface area contributed by atoms with Gasteiger partial charge in [0, 0.05) is 6.08 Å². The zero-order valence-electron chi connectivity index (χ0n) is 14.0. The molecule has 0 saturated heterocycles. The minimum atomic E-state index is -1.15. The molecule has 3 aromatic rings. The molecule has 1 N–H and O–H groups in total. The van der Waals surface area contributed by atoms with Gasteiger partial charge in [-0.1, -0.05) is 35.5 Å². The van der Waals surface area contributed by atoms with Gasteiger partial charge < -0.3 is 19.4 Å². The van der Waals surface area contributed by atoms with Gasteiger partial charge in [0.15, 0.2) is 0 Å². The first-order valence-electron chi connectivity index (χ1n) is 8.25. The van der Waals surface area contributed by atoms with Crippen LogP contribution in [-0.2, 0) is 5.79 Å². The van der Waals surface area contributed by atoms with E-state index in [1.54, 1.807) is 19.3 Å². The van der Waals surface area contributed by atoms with Crippen LogP contribution in [0, 0.1) is 0 Å². The van der Waals surface area contributed by atoms with Crippen molar-refractivity contribution in [2.45, 2.75) is 5.79 Å². The van der Waals surface area contributed by atoms with Crippen LogP contribution in [0.2, 0.25) is 0 Å². The van der Waals surface area contributed by atoms with Crippen LogP contribution in [0.4, 0.5) is 0 Å². The average molecular weight is 345 g/mol. The standard InChI is InChI=1S/C21H15NO4/c1-24-16-8-4-7-14-20(16)15(22-23)11-12-21(14)25-17-9-2-5-13-6-3-10-18(26-21)19(13)17/h2-12,23H,1H3/b22-15-. The number of benzene rings is 3. The summed E-state index contributed by atoms with van der Waals surface area (Å²) >= 11 is 0. The molecule has 0 bridgehead atoms. The minimum Gasteiger partial charge on any atom is -0.496 e. The summed E-state index contributed by atoms with van der Waals surface area (Å²) in [5, 5.41) is 14.8. The van der Waals surface area contributed by atoms with E-state index in [9.17, 15) is 5.21 Å². The Labute approximate surface area is 149 Å². The van der Waals surface area contributed by atoms with Crippen LogP contribution in [-0.4, -0.2) is 18.0 Å². The van der Waals surface area contributed by atoms with E-state index in [1.165, 1.54) is 0 Å². The number of rotatable bonds is 1. The Morgan fingerprint density at radius 3 is 2.31 bits per heavy atom. The number of oxime groups is 1. The molecule has 0 aromatic heterocycles. The fourth-order valence-corrected chi connectivity index (χ4v) is 3.67. The highest BCUT2D eigenvalue weighted by Gasteiger charge is 2.44. The predicted octanol–water partition coefficient (Wildman–Crippen LogP) is 4.22. The highest BCUT2D eigenvalue weighted by Crippen LogP contribution is 2.48. The van der Waals surface area contributed by atoms with E-state index in [2.05, 4.69) is 5.16 Å². The lowest BCUT2D eigenvalue weighted by molar-refractivity contribution is -0.0834. The second kappa shape index (κ2) is 5.26. The summed E-state index contributed by atoms with van der Waals surface area (Å²) in [5.74, 6) is 0.920. The van der Waals surface area contributed by atoms with Gasteiger partial charge in [0.2, 0.25) is 0 Å². The second-order valence-corrected chi connectivity index (χ2v) is 6.18. The molecule has 26 heavy (non-hydrogen) atoms. The third-order valence-electron chi connectivity index (χ3n) is 4.80. The summed E-state index contributed by atoms with van der Waals surface area (Å²) in [4.78, 5) is 0. The SMILES string of the molecule is COc1cccc2c1/C(=N\O)C=CC21Oc2cccc3cccc(c23)O1. The van der Waals surface area contributed by atoms with Crippen molar-refractivity contribution in [3.8, 4) is 17.2 Å². The number of hydrogen-bond donors (Lipinski definition) is 1. The summed E-state index contributed by atoms with van der Waals surface area (Å²) in [7, 11) is 1.58. The van der Waals surface area contributed by atoms with E-state index < -0.39 is 5.79 Å². The highest BCUT2D eigenvalue weighted by atomic mass is 16.7. The first kappa shape index (κ1) is 14.8. The molecule has 0 amide bonds. The molecule has 5 nitrogen and oxygen atoms in total. The Morgan fingerprint density at radius 1 is 0.962 bits per heavy atom. The van der Waals surface area contributed by atoms with Crippen molar-refractivity contribution in [1.29, 1.82) is 0 Å². The maximum absolute atomic E-state index is 9.43. The lowest BCUT2D eigenvalue weighted by Crippen LogP contribution is -2.42. The van der Waals surface area contributed by atoms with Gasteiger partial charge in [0.05, 0.1) is 23.6 Å². The quantitative estimate of drug-likeness (QED) is 0.530. The van der Waals surface area contributed by atoms with Crippen LogP contribution in [0.15, 0.2) is 71.9 Å². The van der Waals surface area contributed by atoms with Crippen molar-refractivity contribution in [2.75, 3.05) is 7.11 Å². The molecule has 0 saturated carbocycles. The molecule has 5 heteroatoms. The Kier molecular flexibility index (Phi) is 3.00. The fraction of sp³-hybridized carbons (Fsp3) is 0.0952. The van der Waals surface area contributed by atoms with Gasteiger partial charge >= 0.3 is 0 Å². The van der Waals surface area contributed by atoms with Crippen molar-refractivity contribution in [2.24, 2.45) is 5.16 Å². The number of hydrogen-bond acceptors (Lipinski definition) is 5. The number of methoxy groups -OCH3 is 1. The number of fused-ring (bicyclic) bond motifs is 2. The van der Waals surface area contributed by atoms with Gasteiger partial charge in [0.25, 0.3) is 5.79 Å². The summed E-state index contributed by atoms with van der Waals surface area (Å²) in [6, 6.07) is 17.4. The lowest BCUT2D eigenvalue weighted by atomic mass is 9.88. The van der Waals surface area contributed by atoms with E-state index in [0.717, 1.165) is 27.8 Å². The molecule has 1 heterocycles. The van der Waals surface area contributed by atoms with Crippen molar-refractivity contribution < 1.29 is 19.4 Å². The normalized spacial score (nSPS) is 17.7. The largest absolute Gasteiger partial charge is 0.496 e. The monoisotopic (exact) mass is 345 g/mol. The molecule has 1 aliphatic carbocycles. The molecule has 1 aliphatic heterocycles. The lowest BCUT2D eigenvalue weighted by Gasteiger charge is -2.39. The Hall–Kier alpha value is -3.47. The van der Waals surface area contributed by atoms with E-state index in [0.29, 0.717) is 17.0 Å². The summed E-state index contributed by atoms with van der Waals surface area (Å²) in [5.41, 5.74) is 1.76. The molecule has 3 aromatic carbocycles. The van der Waals surface area contributed by atoms with Crippen LogP contribution in [0.3, 0.4) is 0 Å². The predicted molar refractivity (Wildman–Crippen MR) is 97.3 cm³/mol. The summed E-state index contributed by atoms with van der Waals surface area (Å²) < 4.78 is 18.2. The number of ether oxygens (including phenoxy) is 3. The maximum atomic E-state index is 9.43. The fourth-order valence-electron chi connectivity index (χ4n) is 3.67. The van der Waals surface area contributed by atoms with Gasteiger partial charge in [-0.25, -0.2) is 0 Å². The first-order chi connectivity index (χ1) is 12.8. The average Bonchev–Trinajstić information content (AvgIpc) is 2.68. The van der Waals surface area contributed by atoms with E-state index >= 15 is 0 Å². The third-order valence-corrected chi connectivity index (χ3v) is 4.80. The van der Waals surface area contributed by atoms with Crippen LogP contribution in [0.5, 0.6) is 17.2 Å². The zero-order chi connectivity index (χ0) is 17.7. The van der Waals surface area contributed by atoms with Gasteiger partial charge in [0.1, 0.15) is 23.0 Å². The first-order valence-corrected chi connectivity index (χ1v) is 8.25.